The molecular weight excluding hydrogens is 1520 g/mol. The molecule has 17 aliphatic carbocycles. The highest BCUT2D eigenvalue weighted by Crippen LogP contribution is 2.48. The number of amides is 7. The standard InChI is InChI=1S/C45H75N3O3.2C32H54N2O2/c49-43(46(37-19-7-1-8-20-37)38-21-9-2-10-22-38)34-31-35(44(50)47(39-23-11-3-12-24-39)40-25-13-4-14-26-40)33-36(32-34)45(51)48(41-27-15-5-16-28-41)42-29-17-6-18-30-42;35-31(33(27-16-5-1-6-17-27)28-18-7-2-8-19-28)25-14-13-15-26(24-25)32(36)34(29-20-9-3-10-21-29)30-22-11-4-12-23-30;35-31(33(27-13-5-1-6-14-27)28-15-7-2-8-16-28)25-21-23-26(24-22-25)32(36)34(29-17-9-3-10-18-29)30-19-11-4-12-20-30/h34-42H,1-33H2;2*25-30H,1-24H2. The van der Waals surface area contributed by atoms with Gasteiger partial charge in [-0.2, -0.15) is 0 Å². The van der Waals surface area contributed by atoms with Crippen molar-refractivity contribution >= 4 is 41.4 Å². The number of carbonyl (C=O) groups excluding carboxylic acids is 7. The molecule has 0 heterocycles. The summed E-state index contributed by atoms with van der Waals surface area (Å²) in [6, 6.07) is 5.90. The number of hydrogen-bond donors (Lipinski definition) is 0. The van der Waals surface area contributed by atoms with Gasteiger partial charge in [-0.1, -0.05) is 276 Å². The van der Waals surface area contributed by atoms with Crippen molar-refractivity contribution in [2.75, 3.05) is 0 Å². The highest BCUT2D eigenvalue weighted by Gasteiger charge is 2.51. The largest absolute Gasteiger partial charge is 0.336 e. The van der Waals surface area contributed by atoms with E-state index in [1.807, 2.05) is 0 Å². The van der Waals surface area contributed by atoms with Gasteiger partial charge >= 0.3 is 0 Å². The Hall–Kier alpha value is -3.71. The van der Waals surface area contributed by atoms with E-state index in [-0.39, 0.29) is 41.4 Å². The molecule has 0 spiro atoms. The van der Waals surface area contributed by atoms with Crippen molar-refractivity contribution in [2.45, 2.75) is 605 Å². The van der Waals surface area contributed by atoms with Gasteiger partial charge in [0.25, 0.3) is 0 Å². The third-order valence-corrected chi connectivity index (χ3v) is 36.9. The Morgan fingerprint density at radius 2 is 0.211 bits per heavy atom. The molecule has 17 rings (SSSR count). The van der Waals surface area contributed by atoms with Gasteiger partial charge in [0.2, 0.25) is 41.4 Å². The average molecular weight is 1700 g/mol. The first-order valence-electron chi connectivity index (χ1n) is 55.8. The molecule has 2 atom stereocenters. The summed E-state index contributed by atoms with van der Waals surface area (Å²) in [5.74, 6) is 2.67. The van der Waals surface area contributed by atoms with Crippen LogP contribution in [-0.2, 0) is 33.6 Å². The smallest absolute Gasteiger partial charge is 0.226 e. The van der Waals surface area contributed by atoms with E-state index < -0.39 is 0 Å². The molecule has 14 heteroatoms. The number of hydrogen-bond acceptors (Lipinski definition) is 7. The van der Waals surface area contributed by atoms with Crippen LogP contribution in [0.25, 0.3) is 0 Å². The van der Waals surface area contributed by atoms with Crippen molar-refractivity contribution < 1.29 is 33.6 Å². The molecule has 696 valence electrons. The van der Waals surface area contributed by atoms with Crippen LogP contribution in [0.4, 0.5) is 0 Å². The molecule has 2 unspecified atom stereocenters. The van der Waals surface area contributed by atoms with Gasteiger partial charge in [-0.25, -0.2) is 0 Å². The zero-order chi connectivity index (χ0) is 84.5. The van der Waals surface area contributed by atoms with E-state index in [4.69, 9.17) is 0 Å². The molecule has 0 bridgehead atoms. The molecule has 0 aromatic heterocycles. The molecule has 14 nitrogen and oxygen atoms in total. The van der Waals surface area contributed by atoms with Gasteiger partial charge in [0, 0.05) is 126 Å². The maximum Gasteiger partial charge on any atom is 0.226 e. The summed E-state index contributed by atoms with van der Waals surface area (Å²) < 4.78 is 0. The average Bonchev–Trinajstić information content (AvgIpc) is 0.779. The first-order valence-corrected chi connectivity index (χ1v) is 55.8. The van der Waals surface area contributed by atoms with Gasteiger partial charge in [0.15, 0.2) is 0 Å². The Kier molecular flexibility index (Phi) is 37.4. The lowest BCUT2D eigenvalue weighted by atomic mass is 9.72. The molecule has 17 aliphatic rings. The normalized spacial score (nSPS) is 30.3. The Labute approximate surface area is 751 Å². The predicted molar refractivity (Wildman–Crippen MR) is 499 cm³/mol. The zero-order valence-electron chi connectivity index (χ0n) is 78.9. The molecule has 17 saturated carbocycles. The molecule has 0 saturated heterocycles. The second-order valence-corrected chi connectivity index (χ2v) is 45.2. The first kappa shape index (κ1) is 94.0. The maximum absolute atomic E-state index is 15.3. The van der Waals surface area contributed by atoms with Gasteiger partial charge < -0.3 is 34.3 Å². The molecule has 0 aliphatic heterocycles. The summed E-state index contributed by atoms with van der Waals surface area (Å²) in [5.41, 5.74) is 0. The summed E-state index contributed by atoms with van der Waals surface area (Å²) in [6.45, 7) is 0. The molecular formula is C109H183N7O7. The summed E-state index contributed by atoms with van der Waals surface area (Å²) in [6.07, 6.45) is 96.3. The van der Waals surface area contributed by atoms with Gasteiger partial charge in [-0.15, -0.1) is 0 Å². The first-order chi connectivity index (χ1) is 60.5. The Morgan fingerprint density at radius 3 is 0.341 bits per heavy atom. The van der Waals surface area contributed by atoms with E-state index in [1.54, 1.807) is 0 Å². The number of nitrogens with zero attached hydrogens (tertiary/aromatic N) is 7. The fourth-order valence-electron chi connectivity index (χ4n) is 30.3. The van der Waals surface area contributed by atoms with Crippen LogP contribution in [-0.4, -0.2) is 160 Å². The van der Waals surface area contributed by atoms with Crippen molar-refractivity contribution in [3.63, 3.8) is 0 Å². The third kappa shape index (κ3) is 25.1. The lowest BCUT2D eigenvalue weighted by molar-refractivity contribution is -0.154. The van der Waals surface area contributed by atoms with E-state index >= 15 is 14.4 Å². The van der Waals surface area contributed by atoms with Crippen LogP contribution in [0, 0.1) is 41.4 Å². The summed E-state index contributed by atoms with van der Waals surface area (Å²) >= 11 is 0. The van der Waals surface area contributed by atoms with Crippen LogP contribution in [0.3, 0.4) is 0 Å². The molecule has 17 fully saturated rings. The summed E-state index contributed by atoms with van der Waals surface area (Å²) in [7, 11) is 0. The van der Waals surface area contributed by atoms with Crippen LogP contribution >= 0.6 is 0 Å². The minimum absolute atomic E-state index is 0.0797. The molecule has 7 amide bonds. The van der Waals surface area contributed by atoms with Gasteiger partial charge in [-0.3, -0.25) is 33.6 Å². The second-order valence-electron chi connectivity index (χ2n) is 45.2. The minimum Gasteiger partial charge on any atom is -0.336 e. The van der Waals surface area contributed by atoms with Crippen LogP contribution in [0.1, 0.15) is 520 Å². The third-order valence-electron chi connectivity index (χ3n) is 36.9. The monoisotopic (exact) mass is 1700 g/mol. The van der Waals surface area contributed by atoms with Crippen LogP contribution in [0.5, 0.6) is 0 Å². The Morgan fingerprint density at radius 1 is 0.106 bits per heavy atom. The van der Waals surface area contributed by atoms with E-state index in [2.05, 4.69) is 34.3 Å². The summed E-state index contributed by atoms with van der Waals surface area (Å²) in [4.78, 5) is 119. The van der Waals surface area contributed by atoms with E-state index in [0.29, 0.717) is 145 Å². The SMILES string of the molecule is O=C(C1CC(C(=O)N(C2CCCCC2)C2CCCCC2)CC(C(=O)N(C2CCCCC2)C2CCCCC2)C1)N(C1CCCCC1)C1CCCCC1.O=C(C1CCC(C(=O)N(C2CCCCC2)C2CCCCC2)CC1)N(C1CCCCC1)C1CCCCC1.O=C(C1CCCC(C(=O)N(C2CCCCC2)C2CCCCC2)C1)N(C1CCCCC1)C1CCCCC1. The van der Waals surface area contributed by atoms with Crippen molar-refractivity contribution in [2.24, 2.45) is 41.4 Å². The maximum atomic E-state index is 15.3. The number of rotatable bonds is 21. The van der Waals surface area contributed by atoms with Gasteiger partial charge in [0.05, 0.1) is 0 Å². The Bertz CT molecular complexity index is 2750. The topological polar surface area (TPSA) is 142 Å². The van der Waals surface area contributed by atoms with E-state index in [9.17, 15) is 19.2 Å². The predicted octanol–water partition coefficient (Wildman–Crippen LogP) is 26.1. The zero-order valence-corrected chi connectivity index (χ0v) is 78.9. The highest BCUT2D eigenvalue weighted by molar-refractivity contribution is 5.88. The highest BCUT2D eigenvalue weighted by atomic mass is 16.2. The van der Waals surface area contributed by atoms with Gasteiger partial charge in [-0.05, 0) is 244 Å². The minimum atomic E-state index is -0.204. The van der Waals surface area contributed by atoms with Crippen molar-refractivity contribution in [3.05, 3.63) is 0 Å². The molecule has 0 aromatic rings. The van der Waals surface area contributed by atoms with E-state index in [1.165, 1.54) is 372 Å². The van der Waals surface area contributed by atoms with Crippen LogP contribution in [0.15, 0.2) is 0 Å². The molecule has 0 N–H and O–H groups in total. The molecule has 0 radical (unpaired) electrons. The fourth-order valence-corrected chi connectivity index (χ4v) is 30.3. The fraction of sp³-hybridized carbons (Fsp3) is 0.936. The lowest BCUT2D eigenvalue weighted by Gasteiger charge is -2.48. The lowest BCUT2D eigenvalue weighted by Crippen LogP contribution is -2.56. The van der Waals surface area contributed by atoms with Crippen molar-refractivity contribution in [3.8, 4) is 0 Å². The molecule has 0 aromatic carbocycles. The van der Waals surface area contributed by atoms with E-state index in [0.717, 1.165) is 128 Å². The quantitative estimate of drug-likeness (QED) is 0.111. The van der Waals surface area contributed by atoms with Gasteiger partial charge in [0.1, 0.15) is 0 Å². The molecule has 123 heavy (non-hydrogen) atoms. The van der Waals surface area contributed by atoms with Crippen LogP contribution < -0.4 is 0 Å². The van der Waals surface area contributed by atoms with Crippen LogP contribution in [0.2, 0.25) is 0 Å². The Balaban J connectivity index is 0.000000147. The number of carbonyl (C=O) groups is 7. The van der Waals surface area contributed by atoms with Crippen molar-refractivity contribution in [1.29, 1.82) is 0 Å². The van der Waals surface area contributed by atoms with Crippen molar-refractivity contribution in [1.82, 2.24) is 34.3 Å². The second kappa shape index (κ2) is 49.0. The summed E-state index contributed by atoms with van der Waals surface area (Å²) in [5, 5.41) is 0.